The summed E-state index contributed by atoms with van der Waals surface area (Å²) < 4.78 is 0. The van der Waals surface area contributed by atoms with Crippen LogP contribution in [0.25, 0.3) is 0 Å². The maximum Gasteiger partial charge on any atom is 0.0179 e. The smallest absolute Gasteiger partial charge is 0.0179 e. The SMILES string of the molecule is CC.Cc1scc(S)c1C. The summed E-state index contributed by atoms with van der Waals surface area (Å²) in [6, 6.07) is 0. The van der Waals surface area contributed by atoms with E-state index in [1.807, 2.05) is 13.8 Å². The normalized spacial score (nSPS) is 8.50. The fraction of sp³-hybridized carbons (Fsp3) is 0.500. The lowest BCUT2D eigenvalue weighted by atomic mass is 10.3. The molecule has 2 heteroatoms. The first-order chi connectivity index (χ1) is 4.72. The minimum absolute atomic E-state index is 1.12. The quantitative estimate of drug-likeness (QED) is 0.570. The molecule has 0 aliphatic rings. The van der Waals surface area contributed by atoms with Gasteiger partial charge in [-0.25, -0.2) is 0 Å². The molecule has 1 rings (SSSR count). The van der Waals surface area contributed by atoms with Crippen LogP contribution in [0.5, 0.6) is 0 Å². The molecule has 0 saturated heterocycles. The van der Waals surface area contributed by atoms with Crippen LogP contribution in [0.1, 0.15) is 24.3 Å². The van der Waals surface area contributed by atoms with E-state index in [0.29, 0.717) is 0 Å². The fourth-order valence-corrected chi connectivity index (χ4v) is 1.65. The maximum atomic E-state index is 4.23. The van der Waals surface area contributed by atoms with Crippen molar-refractivity contribution in [3.8, 4) is 0 Å². The zero-order valence-corrected chi connectivity index (χ0v) is 8.64. The van der Waals surface area contributed by atoms with Gasteiger partial charge in [0.05, 0.1) is 0 Å². The van der Waals surface area contributed by atoms with Gasteiger partial charge in [-0.3, -0.25) is 0 Å². The molecular weight excluding hydrogens is 160 g/mol. The van der Waals surface area contributed by atoms with Crippen LogP contribution in [-0.2, 0) is 0 Å². The zero-order chi connectivity index (χ0) is 8.15. The molecule has 0 unspecified atom stereocenters. The average Bonchev–Trinajstić information content (AvgIpc) is 2.25. The highest BCUT2D eigenvalue weighted by Gasteiger charge is 1.96. The Morgan fingerprint density at radius 3 is 1.90 bits per heavy atom. The monoisotopic (exact) mass is 174 g/mol. The average molecular weight is 174 g/mol. The minimum atomic E-state index is 1.12. The predicted octanol–water partition coefficient (Wildman–Crippen LogP) is 3.68. The summed E-state index contributed by atoms with van der Waals surface area (Å²) in [5, 5.41) is 2.06. The lowest BCUT2D eigenvalue weighted by molar-refractivity contribution is 1.33. The summed E-state index contributed by atoms with van der Waals surface area (Å²) in [7, 11) is 0. The van der Waals surface area contributed by atoms with Gasteiger partial charge < -0.3 is 0 Å². The predicted molar refractivity (Wildman–Crippen MR) is 52.4 cm³/mol. The standard InChI is InChI=1S/C6H8S2.C2H6/c1-4-5(2)8-3-6(4)7;1-2/h3,7H,1-2H3;1-2H3. The van der Waals surface area contributed by atoms with Gasteiger partial charge in [-0.1, -0.05) is 13.8 Å². The van der Waals surface area contributed by atoms with Crippen LogP contribution < -0.4 is 0 Å². The molecule has 1 aromatic heterocycles. The van der Waals surface area contributed by atoms with Gasteiger partial charge in [0.25, 0.3) is 0 Å². The molecule has 0 atom stereocenters. The second-order valence-corrected chi connectivity index (χ2v) is 3.37. The molecule has 0 amide bonds. The molecule has 0 aliphatic heterocycles. The van der Waals surface area contributed by atoms with Crippen molar-refractivity contribution in [3.63, 3.8) is 0 Å². The summed E-state index contributed by atoms with van der Waals surface area (Å²) in [4.78, 5) is 2.49. The molecule has 0 bridgehead atoms. The Bertz CT molecular complexity index is 170. The Hall–Kier alpha value is 0.0500. The van der Waals surface area contributed by atoms with Gasteiger partial charge in [0.15, 0.2) is 0 Å². The van der Waals surface area contributed by atoms with Crippen LogP contribution >= 0.6 is 24.0 Å². The van der Waals surface area contributed by atoms with Crippen LogP contribution in [0.3, 0.4) is 0 Å². The van der Waals surface area contributed by atoms with Crippen LogP contribution in [-0.4, -0.2) is 0 Å². The van der Waals surface area contributed by atoms with Crippen molar-refractivity contribution >= 4 is 24.0 Å². The molecule has 0 fully saturated rings. The van der Waals surface area contributed by atoms with Gasteiger partial charge in [0.1, 0.15) is 0 Å². The molecule has 0 spiro atoms. The summed E-state index contributed by atoms with van der Waals surface area (Å²) in [5.41, 5.74) is 1.32. The Balaban J connectivity index is 0.000000371. The molecule has 0 saturated carbocycles. The van der Waals surface area contributed by atoms with E-state index in [1.165, 1.54) is 10.4 Å². The Morgan fingerprint density at radius 2 is 1.80 bits per heavy atom. The van der Waals surface area contributed by atoms with E-state index in [1.54, 1.807) is 11.3 Å². The fourth-order valence-electron chi connectivity index (χ4n) is 0.501. The largest absolute Gasteiger partial charge is 0.148 e. The molecule has 0 N–H and O–H groups in total. The molecule has 1 aromatic rings. The minimum Gasteiger partial charge on any atom is -0.148 e. The molecule has 58 valence electrons. The highest BCUT2D eigenvalue weighted by molar-refractivity contribution is 7.80. The van der Waals surface area contributed by atoms with Crippen LogP contribution in [0, 0.1) is 13.8 Å². The molecule has 10 heavy (non-hydrogen) atoms. The van der Waals surface area contributed by atoms with E-state index >= 15 is 0 Å². The van der Waals surface area contributed by atoms with Crippen molar-refractivity contribution in [3.05, 3.63) is 15.8 Å². The van der Waals surface area contributed by atoms with E-state index in [2.05, 4.69) is 31.9 Å². The first-order valence-corrected chi connectivity index (χ1v) is 4.78. The van der Waals surface area contributed by atoms with Gasteiger partial charge in [-0.15, -0.1) is 24.0 Å². The third-order valence-corrected chi connectivity index (χ3v) is 2.91. The van der Waals surface area contributed by atoms with Crippen LogP contribution in [0.15, 0.2) is 10.3 Å². The third kappa shape index (κ3) is 2.35. The number of rotatable bonds is 0. The first kappa shape index (κ1) is 10.0. The van der Waals surface area contributed by atoms with Crippen LogP contribution in [0.2, 0.25) is 0 Å². The highest BCUT2D eigenvalue weighted by atomic mass is 32.1. The molecule has 1 heterocycles. The van der Waals surface area contributed by atoms with Crippen molar-refractivity contribution in [2.75, 3.05) is 0 Å². The van der Waals surface area contributed by atoms with Crippen molar-refractivity contribution in [1.82, 2.24) is 0 Å². The number of thiol groups is 1. The highest BCUT2D eigenvalue weighted by Crippen LogP contribution is 2.22. The second-order valence-electron chi connectivity index (χ2n) is 1.80. The summed E-state index contributed by atoms with van der Waals surface area (Å²) in [5.74, 6) is 0. The molecule has 0 radical (unpaired) electrons. The van der Waals surface area contributed by atoms with E-state index in [4.69, 9.17) is 0 Å². The molecule has 0 aliphatic carbocycles. The molecular formula is C8H14S2. The van der Waals surface area contributed by atoms with E-state index in [0.717, 1.165) is 4.90 Å². The van der Waals surface area contributed by atoms with Gasteiger partial charge in [-0.05, 0) is 19.4 Å². The zero-order valence-electron chi connectivity index (χ0n) is 6.93. The van der Waals surface area contributed by atoms with Gasteiger partial charge in [0, 0.05) is 15.2 Å². The number of thiophene rings is 1. The number of hydrogen-bond acceptors (Lipinski definition) is 2. The molecule has 0 aromatic carbocycles. The summed E-state index contributed by atoms with van der Waals surface area (Å²) >= 11 is 5.98. The van der Waals surface area contributed by atoms with Gasteiger partial charge in [-0.2, -0.15) is 0 Å². The van der Waals surface area contributed by atoms with E-state index < -0.39 is 0 Å². The molecule has 0 nitrogen and oxygen atoms in total. The third-order valence-electron chi connectivity index (χ3n) is 1.26. The first-order valence-electron chi connectivity index (χ1n) is 3.45. The van der Waals surface area contributed by atoms with Crippen LogP contribution in [0.4, 0.5) is 0 Å². The summed E-state index contributed by atoms with van der Waals surface area (Å²) in [6.45, 7) is 8.20. The Kier molecular flexibility index (Phi) is 4.83. The number of aryl methyl sites for hydroxylation is 1. The van der Waals surface area contributed by atoms with Crippen molar-refractivity contribution in [2.24, 2.45) is 0 Å². The lowest BCUT2D eigenvalue weighted by Gasteiger charge is -1.85. The maximum absolute atomic E-state index is 4.23. The Morgan fingerprint density at radius 1 is 1.30 bits per heavy atom. The van der Waals surface area contributed by atoms with Crippen molar-refractivity contribution in [2.45, 2.75) is 32.6 Å². The topological polar surface area (TPSA) is 0 Å². The lowest BCUT2D eigenvalue weighted by Crippen LogP contribution is -1.66. The second kappa shape index (κ2) is 4.80. The van der Waals surface area contributed by atoms with Crippen molar-refractivity contribution < 1.29 is 0 Å². The van der Waals surface area contributed by atoms with Crippen molar-refractivity contribution in [1.29, 1.82) is 0 Å². The van der Waals surface area contributed by atoms with Gasteiger partial charge in [0.2, 0.25) is 0 Å². The van der Waals surface area contributed by atoms with Gasteiger partial charge >= 0.3 is 0 Å². The summed E-state index contributed by atoms with van der Waals surface area (Å²) in [6.07, 6.45) is 0. The Labute approximate surface area is 72.7 Å². The van der Waals surface area contributed by atoms with E-state index in [9.17, 15) is 0 Å². The van der Waals surface area contributed by atoms with E-state index in [-0.39, 0.29) is 0 Å². The number of hydrogen-bond donors (Lipinski definition) is 1.